The third-order valence-corrected chi connectivity index (χ3v) is 7.85. The van der Waals surface area contributed by atoms with Gasteiger partial charge in [-0.2, -0.15) is 9.40 Å². The zero-order valence-corrected chi connectivity index (χ0v) is 18.1. The van der Waals surface area contributed by atoms with Gasteiger partial charge < -0.3 is 16.2 Å². The first-order valence-corrected chi connectivity index (χ1v) is 11.8. The fraction of sp³-hybridized carbons (Fsp3) is 0.273. The number of carbonyl (C=O) groups excluding carboxylic acids is 1. The van der Waals surface area contributed by atoms with Gasteiger partial charge in [0.05, 0.1) is 29.5 Å². The van der Waals surface area contributed by atoms with Gasteiger partial charge in [-0.25, -0.2) is 13.1 Å². The van der Waals surface area contributed by atoms with Crippen LogP contribution in [-0.4, -0.2) is 54.7 Å². The van der Waals surface area contributed by atoms with Crippen molar-refractivity contribution >= 4 is 21.6 Å². The number of benzene rings is 2. The predicted octanol–water partition coefficient (Wildman–Crippen LogP) is 1.34. The number of rotatable bonds is 4. The van der Waals surface area contributed by atoms with Crippen molar-refractivity contribution < 1.29 is 17.9 Å². The molecule has 1 aliphatic carbocycles. The molecule has 1 aromatic heterocycles. The van der Waals surface area contributed by atoms with Gasteiger partial charge in [-0.1, -0.05) is 6.07 Å². The lowest BCUT2D eigenvalue weighted by atomic mass is 9.88. The molecule has 3 aromatic rings. The van der Waals surface area contributed by atoms with Crippen LogP contribution in [-0.2, 0) is 27.6 Å². The molecule has 166 valence electrons. The van der Waals surface area contributed by atoms with Gasteiger partial charge in [0.2, 0.25) is 10.0 Å². The second kappa shape index (κ2) is 7.73. The summed E-state index contributed by atoms with van der Waals surface area (Å²) < 4.78 is 34.2. The topological polar surface area (TPSA) is 134 Å². The van der Waals surface area contributed by atoms with E-state index in [1.165, 1.54) is 4.31 Å². The van der Waals surface area contributed by atoms with Crippen LogP contribution in [0.2, 0.25) is 0 Å². The van der Waals surface area contributed by atoms with Crippen molar-refractivity contribution in [2.75, 3.05) is 32.0 Å². The number of anilines is 1. The van der Waals surface area contributed by atoms with Gasteiger partial charge in [0.1, 0.15) is 0 Å². The summed E-state index contributed by atoms with van der Waals surface area (Å²) in [6.45, 7) is 1.43. The smallest absolute Gasteiger partial charge is 0.269 e. The molecule has 2 heterocycles. The lowest BCUT2D eigenvalue weighted by molar-refractivity contribution is 0.0730. The van der Waals surface area contributed by atoms with E-state index in [-0.39, 0.29) is 10.6 Å². The van der Waals surface area contributed by atoms with Gasteiger partial charge >= 0.3 is 0 Å². The number of primary amides is 1. The average Bonchev–Trinajstić information content (AvgIpc) is 3.20. The minimum absolute atomic E-state index is 0.198. The van der Waals surface area contributed by atoms with E-state index in [0.717, 1.165) is 28.8 Å². The van der Waals surface area contributed by atoms with Crippen LogP contribution in [0.4, 0.5) is 5.69 Å². The molecular formula is C22H23N5O4S. The molecule has 2 aliphatic rings. The molecule has 9 nitrogen and oxygen atoms in total. The number of hydrogen-bond acceptors (Lipinski definition) is 6. The Labute approximate surface area is 185 Å². The van der Waals surface area contributed by atoms with Crippen molar-refractivity contribution in [3.63, 3.8) is 0 Å². The number of amides is 1. The van der Waals surface area contributed by atoms with E-state index in [2.05, 4.69) is 5.10 Å². The Balaban J connectivity index is 1.60. The Bertz CT molecular complexity index is 1310. The lowest BCUT2D eigenvalue weighted by Gasteiger charge is -2.26. The quantitative estimate of drug-likeness (QED) is 0.573. The van der Waals surface area contributed by atoms with Crippen LogP contribution < -0.4 is 11.5 Å². The molecular weight excluding hydrogens is 430 g/mol. The van der Waals surface area contributed by atoms with Crippen molar-refractivity contribution in [1.82, 2.24) is 14.1 Å². The molecule has 0 saturated carbocycles. The highest BCUT2D eigenvalue weighted by molar-refractivity contribution is 7.89. The lowest BCUT2D eigenvalue weighted by Crippen LogP contribution is -2.40. The van der Waals surface area contributed by atoms with E-state index in [1.807, 2.05) is 18.2 Å². The van der Waals surface area contributed by atoms with Gasteiger partial charge in [-0.3, -0.25) is 4.79 Å². The Hall–Kier alpha value is -3.21. The fourth-order valence-corrected chi connectivity index (χ4v) is 5.74. The summed E-state index contributed by atoms with van der Waals surface area (Å²) in [5.74, 6) is -0.598. The fourth-order valence-electron chi connectivity index (χ4n) is 4.34. The number of sulfonamides is 1. The molecule has 0 bridgehead atoms. The van der Waals surface area contributed by atoms with Crippen molar-refractivity contribution in [2.45, 2.75) is 17.7 Å². The van der Waals surface area contributed by atoms with Gasteiger partial charge in [-0.15, -0.1) is 0 Å². The summed E-state index contributed by atoms with van der Waals surface area (Å²) in [6, 6.07) is 12.2. The first kappa shape index (κ1) is 20.7. The van der Waals surface area contributed by atoms with Crippen molar-refractivity contribution in [1.29, 1.82) is 0 Å². The van der Waals surface area contributed by atoms with Gasteiger partial charge in [0, 0.05) is 29.9 Å². The van der Waals surface area contributed by atoms with Gasteiger partial charge in [0.15, 0.2) is 5.69 Å². The number of aryl methyl sites for hydroxylation is 1. The molecule has 1 aliphatic heterocycles. The number of hydrogen-bond donors (Lipinski definition) is 2. The molecule has 2 aromatic carbocycles. The van der Waals surface area contributed by atoms with Crippen molar-refractivity contribution in [3.05, 3.63) is 59.3 Å². The highest BCUT2D eigenvalue weighted by Crippen LogP contribution is 2.38. The van der Waals surface area contributed by atoms with E-state index in [1.54, 1.807) is 28.9 Å². The Kier molecular flexibility index (Phi) is 5.00. The van der Waals surface area contributed by atoms with Crippen LogP contribution in [0, 0.1) is 0 Å². The molecule has 1 saturated heterocycles. The number of ether oxygens (including phenoxy) is 1. The van der Waals surface area contributed by atoms with Crippen molar-refractivity contribution in [3.8, 4) is 16.9 Å². The monoisotopic (exact) mass is 453 g/mol. The van der Waals surface area contributed by atoms with Crippen LogP contribution in [0.3, 0.4) is 0 Å². The summed E-state index contributed by atoms with van der Waals surface area (Å²) in [7, 11) is -3.61. The van der Waals surface area contributed by atoms with E-state index < -0.39 is 15.9 Å². The molecule has 0 atom stereocenters. The van der Waals surface area contributed by atoms with E-state index in [9.17, 15) is 13.2 Å². The third-order valence-electron chi connectivity index (χ3n) is 5.94. The molecule has 0 spiro atoms. The maximum atomic E-state index is 12.9. The standard InChI is InChI=1S/C22H23N5O4S/c23-15-3-1-14-2-8-18-20(22(24)28)25-27(21(18)19(14)13-15)16-4-6-17(7-5-16)32(29,30)26-9-11-31-12-10-26/h1,3-7,13H,2,8-12,23H2,(H2,24,28). The average molecular weight is 454 g/mol. The normalized spacial score (nSPS) is 16.4. The minimum atomic E-state index is -3.61. The summed E-state index contributed by atoms with van der Waals surface area (Å²) in [5, 5.41) is 4.50. The second-order valence-electron chi connectivity index (χ2n) is 7.88. The maximum absolute atomic E-state index is 12.9. The molecule has 0 radical (unpaired) electrons. The summed E-state index contributed by atoms with van der Waals surface area (Å²) in [4.78, 5) is 12.3. The first-order valence-electron chi connectivity index (χ1n) is 10.3. The molecule has 5 rings (SSSR count). The predicted molar refractivity (Wildman–Crippen MR) is 119 cm³/mol. The van der Waals surface area contributed by atoms with Crippen molar-refractivity contribution in [2.24, 2.45) is 5.73 Å². The number of fused-ring (bicyclic) bond motifs is 3. The zero-order chi connectivity index (χ0) is 22.5. The van der Waals surface area contributed by atoms with Crippen LogP contribution in [0.25, 0.3) is 16.9 Å². The van der Waals surface area contributed by atoms with Gasteiger partial charge in [0.25, 0.3) is 5.91 Å². The van der Waals surface area contributed by atoms with Gasteiger partial charge in [-0.05, 0) is 54.8 Å². The second-order valence-corrected chi connectivity index (χ2v) is 9.82. The molecule has 0 unspecified atom stereocenters. The SMILES string of the molecule is NC(=O)c1nn(-c2ccc(S(=O)(=O)N3CCOCC3)cc2)c2c1CCc1ccc(N)cc1-2. The Morgan fingerprint density at radius 1 is 1.03 bits per heavy atom. The summed E-state index contributed by atoms with van der Waals surface area (Å²) in [6.07, 6.45) is 1.39. The number of aromatic nitrogens is 2. The molecule has 10 heteroatoms. The maximum Gasteiger partial charge on any atom is 0.269 e. The summed E-state index contributed by atoms with van der Waals surface area (Å²) >= 11 is 0. The molecule has 4 N–H and O–H groups in total. The van der Waals surface area contributed by atoms with E-state index in [0.29, 0.717) is 44.1 Å². The number of nitrogen functional groups attached to an aromatic ring is 1. The molecule has 32 heavy (non-hydrogen) atoms. The number of nitrogens with zero attached hydrogens (tertiary/aromatic N) is 3. The Morgan fingerprint density at radius 3 is 2.44 bits per heavy atom. The highest BCUT2D eigenvalue weighted by atomic mass is 32.2. The molecule has 1 fully saturated rings. The van der Waals surface area contributed by atoms with Crippen LogP contribution in [0.15, 0.2) is 47.4 Å². The van der Waals surface area contributed by atoms with Crippen LogP contribution >= 0.6 is 0 Å². The molecule has 1 amide bonds. The number of morpholine rings is 1. The first-order chi connectivity index (χ1) is 15.4. The highest BCUT2D eigenvalue weighted by Gasteiger charge is 2.29. The van der Waals surface area contributed by atoms with E-state index >= 15 is 0 Å². The summed E-state index contributed by atoms with van der Waals surface area (Å²) in [5.41, 5.74) is 16.6. The number of nitrogens with two attached hydrogens (primary N) is 2. The third kappa shape index (κ3) is 3.36. The minimum Gasteiger partial charge on any atom is -0.399 e. The van der Waals surface area contributed by atoms with Crippen LogP contribution in [0.5, 0.6) is 0 Å². The largest absolute Gasteiger partial charge is 0.399 e. The van der Waals surface area contributed by atoms with Crippen LogP contribution in [0.1, 0.15) is 21.6 Å². The van der Waals surface area contributed by atoms with E-state index in [4.69, 9.17) is 16.2 Å². The zero-order valence-electron chi connectivity index (χ0n) is 17.3. The Morgan fingerprint density at radius 2 is 1.75 bits per heavy atom. The number of carbonyl (C=O) groups is 1.